The molecule has 0 saturated heterocycles. The summed E-state index contributed by atoms with van der Waals surface area (Å²) in [5, 5.41) is 7.46. The number of pyridine rings is 2. The van der Waals surface area contributed by atoms with Gasteiger partial charge in [-0.25, -0.2) is 9.97 Å². The average molecular weight is 783 g/mol. The predicted molar refractivity (Wildman–Crippen MR) is 229 cm³/mol. The van der Waals surface area contributed by atoms with E-state index in [9.17, 15) is 9.59 Å². The van der Waals surface area contributed by atoms with Gasteiger partial charge in [-0.2, -0.15) is 0 Å². The van der Waals surface area contributed by atoms with Gasteiger partial charge in [0, 0.05) is 45.4 Å². The lowest BCUT2D eigenvalue weighted by Crippen LogP contribution is -2.13. The number of para-hydroxylation sites is 2. The predicted octanol–water partition coefficient (Wildman–Crippen LogP) is 10.4. The molecule has 8 aromatic rings. The molecule has 2 N–H and O–H groups in total. The van der Waals surface area contributed by atoms with Crippen molar-refractivity contribution in [1.82, 2.24) is 9.97 Å². The number of benzene rings is 6. The summed E-state index contributed by atoms with van der Waals surface area (Å²) >= 11 is 0. The lowest BCUT2D eigenvalue weighted by Gasteiger charge is -2.14. The van der Waals surface area contributed by atoms with Gasteiger partial charge in [0.15, 0.2) is 0 Å². The van der Waals surface area contributed by atoms with Crippen LogP contribution < -0.4 is 34.3 Å². The lowest BCUT2D eigenvalue weighted by molar-refractivity contribution is 0.102. The largest absolute Gasteiger partial charge is 0.497 e. The standard InChI is InChI=1S/C48H38N4O7/c1-55-33-21-23-37(45(25-33)57-3)43-27-39(35-9-5-7-11-41(35)51-43)47(53)49-29-13-17-31(18-14-29)59-32-19-15-30(16-20-32)50-48(54)40-28-44(52-42-12-8-6-10-36(40)42)38-24-22-34(56-2)26-46(38)58-4/h5-28H,1-4H3,(H,49,53)(H,50,54). The van der Waals surface area contributed by atoms with Gasteiger partial charge in [0.2, 0.25) is 0 Å². The van der Waals surface area contributed by atoms with Gasteiger partial charge in [-0.05, 0) is 97.1 Å². The highest BCUT2D eigenvalue weighted by atomic mass is 16.5. The van der Waals surface area contributed by atoms with Crippen LogP contribution >= 0.6 is 0 Å². The van der Waals surface area contributed by atoms with Crippen molar-refractivity contribution in [2.45, 2.75) is 0 Å². The molecule has 0 aliphatic heterocycles. The summed E-state index contributed by atoms with van der Waals surface area (Å²) in [6, 6.07) is 43.7. The molecule has 2 amide bonds. The Balaban J connectivity index is 0.960. The minimum Gasteiger partial charge on any atom is -0.497 e. The van der Waals surface area contributed by atoms with Crippen LogP contribution in [0.3, 0.4) is 0 Å². The Bertz CT molecular complexity index is 2650. The Hall–Kier alpha value is -7.92. The summed E-state index contributed by atoms with van der Waals surface area (Å²) in [5.74, 6) is 2.99. The molecule has 0 fully saturated rings. The smallest absolute Gasteiger partial charge is 0.256 e. The van der Waals surface area contributed by atoms with Crippen molar-refractivity contribution in [2.75, 3.05) is 39.1 Å². The molecule has 59 heavy (non-hydrogen) atoms. The molecule has 0 bridgehead atoms. The first-order valence-electron chi connectivity index (χ1n) is 18.6. The molecule has 0 unspecified atom stereocenters. The highest BCUT2D eigenvalue weighted by molar-refractivity contribution is 6.14. The molecule has 0 atom stereocenters. The van der Waals surface area contributed by atoms with Gasteiger partial charge in [-0.3, -0.25) is 9.59 Å². The number of hydrogen-bond acceptors (Lipinski definition) is 9. The third-order valence-electron chi connectivity index (χ3n) is 9.75. The first kappa shape index (κ1) is 38.0. The molecule has 2 aromatic heterocycles. The van der Waals surface area contributed by atoms with Gasteiger partial charge in [0.1, 0.15) is 34.5 Å². The van der Waals surface area contributed by atoms with E-state index in [-0.39, 0.29) is 11.8 Å². The van der Waals surface area contributed by atoms with Crippen LogP contribution in [-0.4, -0.2) is 50.2 Å². The fraction of sp³-hybridized carbons (Fsp3) is 0.0833. The minimum atomic E-state index is -0.292. The summed E-state index contributed by atoms with van der Waals surface area (Å²) in [6.45, 7) is 0. The van der Waals surface area contributed by atoms with Crippen LogP contribution in [0.15, 0.2) is 146 Å². The van der Waals surface area contributed by atoms with Crippen LogP contribution in [-0.2, 0) is 0 Å². The highest BCUT2D eigenvalue weighted by Crippen LogP contribution is 2.36. The fourth-order valence-electron chi connectivity index (χ4n) is 6.77. The number of carbonyl (C=O) groups is 2. The molecule has 0 spiro atoms. The maximum atomic E-state index is 13.8. The van der Waals surface area contributed by atoms with Gasteiger partial charge in [0.05, 0.1) is 62.0 Å². The Morgan fingerprint density at radius 2 is 0.831 bits per heavy atom. The zero-order valence-electron chi connectivity index (χ0n) is 32.6. The first-order valence-corrected chi connectivity index (χ1v) is 18.6. The Morgan fingerprint density at radius 3 is 1.22 bits per heavy atom. The van der Waals surface area contributed by atoms with Crippen LogP contribution in [0.2, 0.25) is 0 Å². The summed E-state index contributed by atoms with van der Waals surface area (Å²) < 4.78 is 28.1. The van der Waals surface area contributed by atoms with E-state index in [0.29, 0.717) is 90.2 Å². The SMILES string of the molecule is COc1ccc(-c2cc(C(=O)Nc3ccc(Oc4ccc(NC(=O)c5cc(-c6ccc(OC)cc6OC)nc6ccccc56)cc4)cc3)c3ccccc3n2)c(OC)c1. The molecule has 292 valence electrons. The van der Waals surface area contributed by atoms with Gasteiger partial charge in [0.25, 0.3) is 11.8 Å². The van der Waals surface area contributed by atoms with Gasteiger partial charge >= 0.3 is 0 Å². The van der Waals surface area contributed by atoms with Crippen LogP contribution in [0.4, 0.5) is 11.4 Å². The van der Waals surface area contributed by atoms with E-state index in [1.165, 1.54) is 0 Å². The van der Waals surface area contributed by atoms with Crippen LogP contribution in [0, 0.1) is 0 Å². The number of anilines is 2. The van der Waals surface area contributed by atoms with Crippen molar-refractivity contribution < 1.29 is 33.3 Å². The van der Waals surface area contributed by atoms with Crippen LogP contribution in [0.1, 0.15) is 20.7 Å². The van der Waals surface area contributed by atoms with E-state index in [1.54, 1.807) is 101 Å². The summed E-state index contributed by atoms with van der Waals surface area (Å²) in [4.78, 5) is 37.2. The number of aromatic nitrogens is 2. The van der Waals surface area contributed by atoms with Crippen molar-refractivity contribution in [3.8, 4) is 57.0 Å². The number of nitrogens with one attached hydrogen (secondary N) is 2. The Kier molecular flexibility index (Phi) is 10.7. The van der Waals surface area contributed by atoms with Crippen LogP contribution in [0.5, 0.6) is 34.5 Å². The Morgan fingerprint density at radius 1 is 0.441 bits per heavy atom. The summed E-state index contributed by atoms with van der Waals surface area (Å²) in [6.07, 6.45) is 0. The van der Waals surface area contributed by atoms with E-state index in [2.05, 4.69) is 10.6 Å². The number of carbonyl (C=O) groups excluding carboxylic acids is 2. The molecular weight excluding hydrogens is 745 g/mol. The van der Waals surface area contributed by atoms with Gasteiger partial charge < -0.3 is 34.3 Å². The normalized spacial score (nSPS) is 10.8. The number of fused-ring (bicyclic) bond motifs is 2. The lowest BCUT2D eigenvalue weighted by atomic mass is 10.0. The van der Waals surface area contributed by atoms with E-state index in [0.717, 1.165) is 11.1 Å². The first-order chi connectivity index (χ1) is 28.8. The number of methoxy groups -OCH3 is 4. The molecule has 2 heterocycles. The zero-order valence-corrected chi connectivity index (χ0v) is 32.6. The molecule has 6 aromatic carbocycles. The molecular formula is C48H38N4O7. The van der Waals surface area contributed by atoms with Crippen molar-refractivity contribution in [3.63, 3.8) is 0 Å². The van der Waals surface area contributed by atoms with Gasteiger partial charge in [-0.15, -0.1) is 0 Å². The molecule has 8 rings (SSSR count). The second-order valence-corrected chi connectivity index (χ2v) is 13.3. The molecule has 11 heteroatoms. The number of amides is 2. The maximum absolute atomic E-state index is 13.8. The quantitative estimate of drug-likeness (QED) is 0.124. The Labute approximate surface area is 340 Å². The number of nitrogens with zero attached hydrogens (tertiary/aromatic N) is 2. The maximum Gasteiger partial charge on any atom is 0.256 e. The second kappa shape index (κ2) is 16.7. The van der Waals surface area contributed by atoms with E-state index in [1.807, 2.05) is 72.8 Å². The second-order valence-electron chi connectivity index (χ2n) is 13.3. The summed E-state index contributed by atoms with van der Waals surface area (Å²) in [5.41, 5.74) is 6.09. The molecule has 11 nitrogen and oxygen atoms in total. The monoisotopic (exact) mass is 782 g/mol. The summed E-state index contributed by atoms with van der Waals surface area (Å²) in [7, 11) is 6.35. The van der Waals surface area contributed by atoms with Crippen molar-refractivity contribution in [2.24, 2.45) is 0 Å². The highest BCUT2D eigenvalue weighted by Gasteiger charge is 2.19. The minimum absolute atomic E-state index is 0.292. The molecule has 0 aliphatic rings. The fourth-order valence-corrected chi connectivity index (χ4v) is 6.77. The van der Waals surface area contributed by atoms with Crippen molar-refractivity contribution >= 4 is 45.0 Å². The third-order valence-corrected chi connectivity index (χ3v) is 9.75. The molecule has 0 saturated carbocycles. The topological polar surface area (TPSA) is 130 Å². The van der Waals surface area contributed by atoms with E-state index in [4.69, 9.17) is 33.7 Å². The molecule has 0 aliphatic carbocycles. The van der Waals surface area contributed by atoms with Gasteiger partial charge in [-0.1, -0.05) is 36.4 Å². The number of rotatable bonds is 12. The third kappa shape index (κ3) is 8.03. The number of ether oxygens (including phenoxy) is 5. The zero-order chi connectivity index (χ0) is 40.9. The van der Waals surface area contributed by atoms with E-state index < -0.39 is 0 Å². The van der Waals surface area contributed by atoms with Crippen molar-refractivity contribution in [1.29, 1.82) is 0 Å². The average Bonchev–Trinajstić information content (AvgIpc) is 3.28. The van der Waals surface area contributed by atoms with E-state index >= 15 is 0 Å². The number of hydrogen-bond donors (Lipinski definition) is 2. The molecule has 0 radical (unpaired) electrons. The van der Waals surface area contributed by atoms with Crippen LogP contribution in [0.25, 0.3) is 44.3 Å². The van der Waals surface area contributed by atoms with Crippen molar-refractivity contribution in [3.05, 3.63) is 157 Å².